The Hall–Kier alpha value is -1.75. The molecule has 0 unspecified atom stereocenters. The number of amides is 1. The smallest absolute Gasteiger partial charge is 0.244 e. The first-order valence-electron chi connectivity index (χ1n) is 9.21. The molecule has 0 radical (unpaired) electrons. The number of carbonyl (C=O) groups is 1. The number of anilines is 1. The molecule has 1 aromatic carbocycles. The van der Waals surface area contributed by atoms with Crippen LogP contribution in [0.2, 0.25) is 0 Å². The van der Waals surface area contributed by atoms with E-state index in [0.29, 0.717) is 46.3 Å². The van der Waals surface area contributed by atoms with Crippen LogP contribution in [0.1, 0.15) is 29.5 Å². The summed E-state index contributed by atoms with van der Waals surface area (Å²) in [6.07, 6.45) is 2.88. The lowest BCUT2D eigenvalue weighted by molar-refractivity contribution is -0.119. The molecule has 7 nitrogen and oxygen atoms in total. The molecule has 0 bridgehead atoms. The predicted molar refractivity (Wildman–Crippen MR) is 117 cm³/mol. The van der Waals surface area contributed by atoms with Crippen LogP contribution in [0.4, 0.5) is 5.13 Å². The number of carbonyl (C=O) groups excluding carboxylic acids is 1. The molecule has 156 valence electrons. The van der Waals surface area contributed by atoms with E-state index in [-0.39, 0.29) is 5.91 Å². The molecule has 1 saturated heterocycles. The van der Waals surface area contributed by atoms with Gasteiger partial charge in [0.25, 0.3) is 0 Å². The quantitative estimate of drug-likeness (QED) is 0.392. The third kappa shape index (κ3) is 4.71. The number of hydrogen-bond donors (Lipinski definition) is 1. The van der Waals surface area contributed by atoms with Crippen molar-refractivity contribution >= 4 is 44.2 Å². The number of benzene rings is 1. The monoisotopic (exact) mass is 452 g/mol. The second-order valence-electron chi connectivity index (χ2n) is 6.96. The first-order chi connectivity index (χ1) is 13.7. The fraction of sp³-hybridized carbons (Fsp3) is 0.421. The van der Waals surface area contributed by atoms with E-state index in [1.54, 1.807) is 19.9 Å². The maximum atomic E-state index is 13.4. The van der Waals surface area contributed by atoms with Gasteiger partial charge in [0.1, 0.15) is 6.04 Å². The van der Waals surface area contributed by atoms with Crippen LogP contribution in [0.3, 0.4) is 0 Å². The van der Waals surface area contributed by atoms with E-state index in [1.807, 2.05) is 19.1 Å². The molecular weight excluding hydrogens is 428 g/mol. The normalized spacial score (nSPS) is 17.4. The van der Waals surface area contributed by atoms with Crippen LogP contribution in [0, 0.1) is 20.8 Å². The summed E-state index contributed by atoms with van der Waals surface area (Å²) in [4.78, 5) is 13.1. The van der Waals surface area contributed by atoms with Crippen LogP contribution >= 0.6 is 23.1 Å². The molecule has 2 heterocycles. The highest BCUT2D eigenvalue weighted by molar-refractivity contribution is 8.01. The molecule has 2 aromatic rings. The van der Waals surface area contributed by atoms with Crippen molar-refractivity contribution in [1.82, 2.24) is 14.5 Å². The van der Waals surface area contributed by atoms with E-state index in [9.17, 15) is 13.2 Å². The summed E-state index contributed by atoms with van der Waals surface area (Å²) in [6.45, 7) is 9.51. The van der Waals surface area contributed by atoms with Crippen LogP contribution in [-0.4, -0.2) is 47.2 Å². The van der Waals surface area contributed by atoms with Crippen LogP contribution in [0.5, 0.6) is 0 Å². The van der Waals surface area contributed by atoms with Gasteiger partial charge in [0.05, 0.1) is 4.90 Å². The van der Waals surface area contributed by atoms with Gasteiger partial charge in [0, 0.05) is 12.3 Å². The number of aryl methyl sites for hydroxylation is 3. The molecule has 1 aliphatic heterocycles. The highest BCUT2D eigenvalue weighted by Crippen LogP contribution is 2.32. The molecule has 0 spiro atoms. The highest BCUT2D eigenvalue weighted by atomic mass is 32.2. The fourth-order valence-electron chi connectivity index (χ4n) is 3.62. The highest BCUT2D eigenvalue weighted by Gasteiger charge is 2.40. The van der Waals surface area contributed by atoms with Gasteiger partial charge >= 0.3 is 0 Å². The van der Waals surface area contributed by atoms with Gasteiger partial charge in [0.2, 0.25) is 21.1 Å². The minimum atomic E-state index is -3.79. The van der Waals surface area contributed by atoms with Gasteiger partial charge in [-0.3, -0.25) is 10.1 Å². The molecule has 1 N–H and O–H groups in total. The summed E-state index contributed by atoms with van der Waals surface area (Å²) in [5, 5.41) is 11.1. The molecule has 1 atom stereocenters. The number of sulfonamides is 1. The first kappa shape index (κ1) is 21.9. The third-order valence-corrected chi connectivity index (χ3v) is 8.82. The SMILES string of the molecule is C=CCSc1nnc(NC(=O)[C@H]2CCCN2S(=O)(=O)c2c(C)cc(C)cc2C)s1. The molecule has 1 fully saturated rings. The van der Waals surface area contributed by atoms with E-state index in [0.717, 1.165) is 9.90 Å². The molecule has 1 aromatic heterocycles. The topological polar surface area (TPSA) is 92.3 Å². The number of nitrogens with one attached hydrogen (secondary N) is 1. The van der Waals surface area contributed by atoms with E-state index in [1.165, 1.54) is 27.4 Å². The molecule has 0 saturated carbocycles. The van der Waals surface area contributed by atoms with Crippen molar-refractivity contribution < 1.29 is 13.2 Å². The Morgan fingerprint density at radius 3 is 2.69 bits per heavy atom. The van der Waals surface area contributed by atoms with Gasteiger partial charge < -0.3 is 0 Å². The Morgan fingerprint density at radius 2 is 2.03 bits per heavy atom. The van der Waals surface area contributed by atoms with Gasteiger partial charge in [-0.2, -0.15) is 4.31 Å². The van der Waals surface area contributed by atoms with Crippen molar-refractivity contribution in [2.75, 3.05) is 17.6 Å². The number of aromatic nitrogens is 2. The third-order valence-electron chi connectivity index (χ3n) is 4.64. The van der Waals surface area contributed by atoms with Crippen molar-refractivity contribution in [3.63, 3.8) is 0 Å². The average molecular weight is 453 g/mol. The Bertz CT molecular complexity index is 1010. The largest absolute Gasteiger partial charge is 0.299 e. The van der Waals surface area contributed by atoms with E-state index < -0.39 is 16.1 Å². The molecule has 3 rings (SSSR count). The van der Waals surface area contributed by atoms with Crippen LogP contribution < -0.4 is 5.32 Å². The van der Waals surface area contributed by atoms with Crippen molar-refractivity contribution in [2.45, 2.75) is 48.9 Å². The van der Waals surface area contributed by atoms with Crippen LogP contribution in [0.25, 0.3) is 0 Å². The van der Waals surface area contributed by atoms with Gasteiger partial charge in [0.15, 0.2) is 4.34 Å². The molecule has 1 aliphatic rings. The second kappa shape index (κ2) is 8.95. The fourth-order valence-corrected chi connectivity index (χ4v) is 7.21. The molecular formula is C19H24N4O3S3. The van der Waals surface area contributed by atoms with E-state index in [2.05, 4.69) is 22.1 Å². The van der Waals surface area contributed by atoms with Gasteiger partial charge in [-0.15, -0.1) is 16.8 Å². The zero-order valence-corrected chi connectivity index (χ0v) is 19.1. The van der Waals surface area contributed by atoms with Crippen molar-refractivity contribution in [1.29, 1.82) is 0 Å². The Morgan fingerprint density at radius 1 is 1.34 bits per heavy atom. The summed E-state index contributed by atoms with van der Waals surface area (Å²) in [5.41, 5.74) is 2.40. The Kier molecular flexibility index (Phi) is 6.77. The Labute approximate surface area is 179 Å². The van der Waals surface area contributed by atoms with Gasteiger partial charge in [-0.25, -0.2) is 8.42 Å². The number of nitrogens with zero attached hydrogens (tertiary/aromatic N) is 3. The number of thioether (sulfide) groups is 1. The summed E-state index contributed by atoms with van der Waals surface area (Å²) in [6, 6.07) is 2.96. The molecule has 0 aliphatic carbocycles. The number of rotatable bonds is 7. The zero-order valence-electron chi connectivity index (χ0n) is 16.6. The molecule has 29 heavy (non-hydrogen) atoms. The minimum absolute atomic E-state index is 0.293. The van der Waals surface area contributed by atoms with Crippen molar-refractivity contribution in [2.24, 2.45) is 0 Å². The maximum Gasteiger partial charge on any atom is 0.244 e. The Balaban J connectivity index is 1.81. The molecule has 10 heteroatoms. The summed E-state index contributed by atoms with van der Waals surface area (Å²) >= 11 is 2.74. The summed E-state index contributed by atoms with van der Waals surface area (Å²) in [5.74, 6) is 0.330. The molecule has 1 amide bonds. The summed E-state index contributed by atoms with van der Waals surface area (Å²) < 4.78 is 28.8. The zero-order chi connectivity index (χ0) is 21.2. The number of hydrogen-bond acceptors (Lipinski definition) is 7. The lowest BCUT2D eigenvalue weighted by Crippen LogP contribution is -2.43. The van der Waals surface area contributed by atoms with Gasteiger partial charge in [-0.05, 0) is 44.7 Å². The predicted octanol–water partition coefficient (Wildman–Crippen LogP) is 3.53. The minimum Gasteiger partial charge on any atom is -0.299 e. The van der Waals surface area contributed by atoms with Crippen LogP contribution in [-0.2, 0) is 14.8 Å². The van der Waals surface area contributed by atoms with E-state index >= 15 is 0 Å². The van der Waals surface area contributed by atoms with Crippen molar-refractivity contribution in [3.8, 4) is 0 Å². The maximum absolute atomic E-state index is 13.4. The standard InChI is InChI=1S/C19H24N4O3S3/c1-5-9-27-19-22-21-18(28-19)20-17(24)15-7-6-8-23(15)29(25,26)16-13(3)10-12(2)11-14(16)4/h5,10-11,15H,1,6-9H2,2-4H3,(H,20,21,24)/t15-/m1/s1. The van der Waals surface area contributed by atoms with Crippen molar-refractivity contribution in [3.05, 3.63) is 41.5 Å². The first-order valence-corrected chi connectivity index (χ1v) is 12.5. The lowest BCUT2D eigenvalue weighted by Gasteiger charge is -2.25. The lowest BCUT2D eigenvalue weighted by atomic mass is 10.1. The summed E-state index contributed by atoms with van der Waals surface area (Å²) in [7, 11) is -3.79. The second-order valence-corrected chi connectivity index (χ2v) is 11.0. The van der Waals surface area contributed by atoms with Crippen LogP contribution in [0.15, 0.2) is 34.0 Å². The van der Waals surface area contributed by atoms with E-state index in [4.69, 9.17) is 0 Å². The average Bonchev–Trinajstić information content (AvgIpc) is 3.28. The van der Waals surface area contributed by atoms with Gasteiger partial charge in [-0.1, -0.05) is 46.9 Å².